The summed E-state index contributed by atoms with van der Waals surface area (Å²) in [4.78, 5) is 27.0. The van der Waals surface area contributed by atoms with Gasteiger partial charge in [0, 0.05) is 19.2 Å². The second-order valence-electron chi connectivity index (χ2n) is 4.39. The van der Waals surface area contributed by atoms with Gasteiger partial charge in [0.2, 0.25) is 0 Å². The van der Waals surface area contributed by atoms with Gasteiger partial charge in [0.25, 0.3) is 5.69 Å². The second kappa shape index (κ2) is 5.05. The highest BCUT2D eigenvalue weighted by Crippen LogP contribution is 2.25. The number of aromatic nitrogens is 1. The number of nitrogens with zero attached hydrogens (tertiary/aromatic N) is 3. The van der Waals surface area contributed by atoms with Crippen LogP contribution in [0.15, 0.2) is 23.9 Å². The van der Waals surface area contributed by atoms with E-state index in [0.717, 1.165) is 24.3 Å². The molecular weight excluding hydrogens is 250 g/mol. The molecule has 0 unspecified atom stereocenters. The lowest BCUT2D eigenvalue weighted by Gasteiger charge is -2.28. The van der Waals surface area contributed by atoms with E-state index >= 15 is 0 Å². The summed E-state index contributed by atoms with van der Waals surface area (Å²) in [5.74, 6) is -0.927. The maximum Gasteiger partial charge on any atom is 0.339 e. The first-order chi connectivity index (χ1) is 8.99. The number of hydrogen-bond donors (Lipinski definition) is 1. The molecule has 2 rings (SSSR count). The normalized spacial score (nSPS) is 15.0. The largest absolute Gasteiger partial charge is 0.478 e. The molecule has 2 heterocycles. The number of rotatable bonds is 3. The van der Waals surface area contributed by atoms with Crippen LogP contribution in [0.1, 0.15) is 23.7 Å². The molecule has 0 aromatic carbocycles. The average Bonchev–Trinajstić information content (AvgIpc) is 2.37. The second-order valence-corrected chi connectivity index (χ2v) is 4.39. The molecule has 100 valence electrons. The van der Waals surface area contributed by atoms with Crippen LogP contribution in [0.5, 0.6) is 0 Å². The Kier molecular flexibility index (Phi) is 3.46. The van der Waals surface area contributed by atoms with E-state index in [1.54, 1.807) is 0 Å². The first-order valence-corrected chi connectivity index (χ1v) is 5.77. The van der Waals surface area contributed by atoms with Gasteiger partial charge in [0.15, 0.2) is 0 Å². The first-order valence-electron chi connectivity index (χ1n) is 5.77. The number of carboxylic acids is 1. The van der Waals surface area contributed by atoms with Crippen LogP contribution in [0.2, 0.25) is 0 Å². The van der Waals surface area contributed by atoms with Gasteiger partial charge in [-0.15, -0.1) is 0 Å². The van der Waals surface area contributed by atoms with Crippen LogP contribution in [-0.2, 0) is 0 Å². The number of carbonyl (C=O) groups is 1. The fourth-order valence-electron chi connectivity index (χ4n) is 2.05. The predicted molar refractivity (Wildman–Crippen MR) is 68.4 cm³/mol. The topological polar surface area (TPSA) is 96.6 Å². The zero-order valence-corrected chi connectivity index (χ0v) is 10.4. The quantitative estimate of drug-likeness (QED) is 0.507. The van der Waals surface area contributed by atoms with Crippen LogP contribution in [0.25, 0.3) is 0 Å². The lowest BCUT2D eigenvalue weighted by molar-refractivity contribution is -0.385. The monoisotopic (exact) mass is 263 g/mol. The molecule has 1 N–H and O–H groups in total. The lowest BCUT2D eigenvalue weighted by Crippen LogP contribution is -2.31. The molecule has 0 bridgehead atoms. The zero-order valence-electron chi connectivity index (χ0n) is 10.4. The molecular formula is C12H13N3O4. The molecule has 1 aromatic heterocycles. The van der Waals surface area contributed by atoms with Gasteiger partial charge in [0.1, 0.15) is 17.6 Å². The van der Waals surface area contributed by atoms with Crippen LogP contribution in [-0.4, -0.2) is 34.1 Å². The Morgan fingerprint density at radius 1 is 1.58 bits per heavy atom. The Hall–Kier alpha value is -2.44. The molecule has 0 spiro atoms. The standard InChI is InChI=1S/C12H13N3O4/c1-8-3-2-4-14(7-8)11-10(12(16)17)5-9(6-13-11)15(18)19/h3,5-6H,2,4,7H2,1H3,(H,16,17). The third kappa shape index (κ3) is 2.70. The van der Waals surface area contributed by atoms with E-state index in [-0.39, 0.29) is 17.1 Å². The fourth-order valence-corrected chi connectivity index (χ4v) is 2.05. The maximum absolute atomic E-state index is 11.2. The summed E-state index contributed by atoms with van der Waals surface area (Å²) in [6.07, 6.45) is 3.99. The van der Waals surface area contributed by atoms with E-state index in [9.17, 15) is 14.9 Å². The maximum atomic E-state index is 11.2. The van der Waals surface area contributed by atoms with Crippen molar-refractivity contribution in [3.63, 3.8) is 0 Å². The van der Waals surface area contributed by atoms with Crippen LogP contribution in [0, 0.1) is 10.1 Å². The Morgan fingerprint density at radius 3 is 2.89 bits per heavy atom. The summed E-state index contributed by atoms with van der Waals surface area (Å²) in [5.41, 5.74) is 0.678. The van der Waals surface area contributed by atoms with Gasteiger partial charge < -0.3 is 10.0 Å². The van der Waals surface area contributed by atoms with E-state index in [2.05, 4.69) is 11.1 Å². The molecule has 0 saturated carbocycles. The van der Waals surface area contributed by atoms with Crippen molar-refractivity contribution in [2.24, 2.45) is 0 Å². The minimum absolute atomic E-state index is 0.135. The van der Waals surface area contributed by atoms with Crippen molar-refractivity contribution in [2.45, 2.75) is 13.3 Å². The highest BCUT2D eigenvalue weighted by Gasteiger charge is 2.22. The van der Waals surface area contributed by atoms with Crippen LogP contribution in [0.3, 0.4) is 0 Å². The number of pyridine rings is 1. The minimum Gasteiger partial charge on any atom is -0.478 e. The Labute approximate surface area is 109 Å². The molecule has 0 atom stereocenters. The summed E-state index contributed by atoms with van der Waals surface area (Å²) in [6, 6.07) is 1.05. The molecule has 7 heteroatoms. The van der Waals surface area contributed by atoms with E-state index in [4.69, 9.17) is 5.11 Å². The fraction of sp³-hybridized carbons (Fsp3) is 0.333. The van der Waals surface area contributed by atoms with Crippen molar-refractivity contribution in [3.05, 3.63) is 39.6 Å². The Balaban J connectivity index is 2.42. The summed E-state index contributed by atoms with van der Waals surface area (Å²) < 4.78 is 0. The molecule has 0 saturated heterocycles. The molecule has 1 aromatic rings. The Bertz CT molecular complexity index is 568. The van der Waals surface area contributed by atoms with Gasteiger partial charge in [-0.2, -0.15) is 0 Å². The third-order valence-electron chi connectivity index (χ3n) is 2.93. The number of aromatic carboxylic acids is 1. The molecule has 7 nitrogen and oxygen atoms in total. The first kappa shape index (κ1) is 13.0. The van der Waals surface area contributed by atoms with Crippen molar-refractivity contribution in [3.8, 4) is 0 Å². The molecule has 0 aliphatic carbocycles. The van der Waals surface area contributed by atoms with Gasteiger partial charge in [-0.25, -0.2) is 9.78 Å². The molecule has 0 amide bonds. The molecule has 1 aliphatic rings. The highest BCUT2D eigenvalue weighted by atomic mass is 16.6. The smallest absolute Gasteiger partial charge is 0.339 e. The van der Waals surface area contributed by atoms with Crippen LogP contribution < -0.4 is 4.90 Å². The molecule has 0 radical (unpaired) electrons. The molecule has 19 heavy (non-hydrogen) atoms. The Morgan fingerprint density at radius 2 is 2.32 bits per heavy atom. The zero-order chi connectivity index (χ0) is 14.0. The average molecular weight is 263 g/mol. The van der Waals surface area contributed by atoms with E-state index in [1.165, 1.54) is 0 Å². The van der Waals surface area contributed by atoms with Gasteiger partial charge in [-0.1, -0.05) is 11.6 Å². The van der Waals surface area contributed by atoms with Gasteiger partial charge >= 0.3 is 5.97 Å². The summed E-state index contributed by atoms with van der Waals surface area (Å²) in [5, 5.41) is 19.8. The van der Waals surface area contributed by atoms with Gasteiger partial charge in [-0.05, 0) is 13.3 Å². The third-order valence-corrected chi connectivity index (χ3v) is 2.93. The van der Waals surface area contributed by atoms with E-state index in [0.29, 0.717) is 13.1 Å². The van der Waals surface area contributed by atoms with Crippen molar-refractivity contribution in [1.29, 1.82) is 0 Å². The summed E-state index contributed by atoms with van der Waals surface area (Å²) in [6.45, 7) is 3.20. The van der Waals surface area contributed by atoms with Gasteiger partial charge in [-0.3, -0.25) is 10.1 Å². The summed E-state index contributed by atoms with van der Waals surface area (Å²) >= 11 is 0. The van der Waals surface area contributed by atoms with Crippen molar-refractivity contribution < 1.29 is 14.8 Å². The molecule has 0 fully saturated rings. The highest BCUT2D eigenvalue weighted by molar-refractivity contribution is 5.94. The number of hydrogen-bond acceptors (Lipinski definition) is 5. The predicted octanol–water partition coefficient (Wildman–Crippen LogP) is 1.84. The number of nitro groups is 1. The van der Waals surface area contributed by atoms with Crippen molar-refractivity contribution >= 4 is 17.5 Å². The lowest BCUT2D eigenvalue weighted by atomic mass is 10.1. The minimum atomic E-state index is -1.21. The number of carboxylic acid groups (broad SMARTS) is 1. The van der Waals surface area contributed by atoms with Crippen LogP contribution in [0.4, 0.5) is 11.5 Å². The van der Waals surface area contributed by atoms with Crippen molar-refractivity contribution in [2.75, 3.05) is 18.0 Å². The summed E-state index contributed by atoms with van der Waals surface area (Å²) in [7, 11) is 0. The molecule has 1 aliphatic heterocycles. The van der Waals surface area contributed by atoms with E-state index in [1.807, 2.05) is 11.8 Å². The number of anilines is 1. The SMILES string of the molecule is CC1=CCCN(c2ncc([N+](=O)[O-])cc2C(=O)O)C1. The van der Waals surface area contributed by atoms with Gasteiger partial charge in [0.05, 0.1) is 4.92 Å². The van der Waals surface area contributed by atoms with Crippen LogP contribution >= 0.6 is 0 Å². The van der Waals surface area contributed by atoms with Crippen molar-refractivity contribution in [1.82, 2.24) is 4.98 Å². The van der Waals surface area contributed by atoms with E-state index < -0.39 is 10.9 Å².